The van der Waals surface area contributed by atoms with Gasteiger partial charge in [0.1, 0.15) is 11.9 Å². The molecule has 2 aromatic rings. The Morgan fingerprint density at radius 3 is 2.52 bits per heavy atom. The fourth-order valence-corrected chi connectivity index (χ4v) is 3.65. The van der Waals surface area contributed by atoms with Crippen LogP contribution < -0.4 is 10.6 Å². The summed E-state index contributed by atoms with van der Waals surface area (Å²) in [5.74, 6) is -0.0446. The van der Waals surface area contributed by atoms with Gasteiger partial charge in [0.2, 0.25) is 5.91 Å². The van der Waals surface area contributed by atoms with E-state index < -0.39 is 6.04 Å². The van der Waals surface area contributed by atoms with E-state index in [4.69, 9.17) is 4.74 Å². The lowest BCUT2D eigenvalue weighted by Crippen LogP contribution is -2.40. The van der Waals surface area contributed by atoms with Crippen molar-refractivity contribution in [1.82, 2.24) is 10.6 Å². The van der Waals surface area contributed by atoms with Gasteiger partial charge in [-0.3, -0.25) is 4.79 Å². The molecule has 0 bridgehead atoms. The fraction of sp³-hybridized carbons (Fsp3) is 0.409. The van der Waals surface area contributed by atoms with Crippen LogP contribution in [0.2, 0.25) is 0 Å². The van der Waals surface area contributed by atoms with E-state index in [0.29, 0.717) is 12.5 Å². The molecule has 2 fully saturated rings. The number of ether oxygens (including phenoxy) is 1. The van der Waals surface area contributed by atoms with E-state index >= 15 is 0 Å². The average molecular weight is 368 g/mol. The van der Waals surface area contributed by atoms with E-state index in [1.54, 1.807) is 12.1 Å². The molecule has 1 heterocycles. The van der Waals surface area contributed by atoms with E-state index in [2.05, 4.69) is 22.8 Å². The number of rotatable bonds is 7. The van der Waals surface area contributed by atoms with Crippen molar-refractivity contribution in [2.75, 3.05) is 13.2 Å². The standard InChI is InChI=1S/C22H25FN2O2/c23-18-8-6-15(7-9-18)20(22(26)25-19-10-11-19)24-14-17-12-13-27-21(17)16-4-2-1-3-5-16/h1-9,17,19-21,24H,10-14H2,(H,25,26)/t17-,20?,21-/m1/s1. The van der Waals surface area contributed by atoms with Gasteiger partial charge in [-0.1, -0.05) is 42.5 Å². The van der Waals surface area contributed by atoms with Gasteiger partial charge in [0, 0.05) is 25.1 Å². The Morgan fingerprint density at radius 1 is 1.07 bits per heavy atom. The number of halogens is 1. The SMILES string of the molecule is O=C(NC1CC1)C(NC[C@H]1CCO[C@@H]1c1ccccc1)c1ccc(F)cc1. The molecule has 1 aliphatic heterocycles. The molecule has 4 rings (SSSR count). The Bertz CT molecular complexity index is 762. The first-order valence-corrected chi connectivity index (χ1v) is 9.66. The summed E-state index contributed by atoms with van der Waals surface area (Å²) in [6, 6.07) is 16.2. The zero-order valence-corrected chi connectivity index (χ0v) is 15.2. The molecule has 2 N–H and O–H groups in total. The van der Waals surface area contributed by atoms with Crippen LogP contribution in [0.1, 0.15) is 42.5 Å². The third-order valence-corrected chi connectivity index (χ3v) is 5.32. The first kappa shape index (κ1) is 18.1. The van der Waals surface area contributed by atoms with Gasteiger partial charge in [-0.05, 0) is 42.5 Å². The summed E-state index contributed by atoms with van der Waals surface area (Å²) in [7, 11) is 0. The van der Waals surface area contributed by atoms with Gasteiger partial charge < -0.3 is 15.4 Å². The summed E-state index contributed by atoms with van der Waals surface area (Å²) < 4.78 is 19.3. The lowest BCUT2D eigenvalue weighted by Gasteiger charge is -2.24. The Labute approximate surface area is 159 Å². The lowest BCUT2D eigenvalue weighted by molar-refractivity contribution is -0.123. The van der Waals surface area contributed by atoms with Gasteiger partial charge in [0.05, 0.1) is 6.10 Å². The third kappa shape index (κ3) is 4.54. The predicted octanol–water partition coefficient (Wildman–Crippen LogP) is 3.51. The Kier molecular flexibility index (Phi) is 5.50. The fourth-order valence-electron chi connectivity index (χ4n) is 3.65. The van der Waals surface area contributed by atoms with Crippen molar-refractivity contribution in [2.45, 2.75) is 37.5 Å². The molecule has 1 aliphatic carbocycles. The minimum atomic E-state index is -0.483. The highest BCUT2D eigenvalue weighted by atomic mass is 19.1. The number of hydrogen-bond acceptors (Lipinski definition) is 3. The van der Waals surface area contributed by atoms with Crippen LogP contribution in [0.15, 0.2) is 54.6 Å². The van der Waals surface area contributed by atoms with Crippen LogP contribution in [0, 0.1) is 11.7 Å². The molecule has 4 nitrogen and oxygen atoms in total. The van der Waals surface area contributed by atoms with Gasteiger partial charge in [0.25, 0.3) is 0 Å². The molecule has 5 heteroatoms. The maximum atomic E-state index is 13.3. The van der Waals surface area contributed by atoms with Crippen LogP contribution in [0.25, 0.3) is 0 Å². The smallest absolute Gasteiger partial charge is 0.241 e. The summed E-state index contributed by atoms with van der Waals surface area (Å²) in [6.45, 7) is 1.39. The van der Waals surface area contributed by atoms with Crippen LogP contribution in [-0.2, 0) is 9.53 Å². The molecule has 3 atom stereocenters. The van der Waals surface area contributed by atoms with Crippen molar-refractivity contribution in [3.8, 4) is 0 Å². The third-order valence-electron chi connectivity index (χ3n) is 5.32. The normalized spacial score (nSPS) is 23.1. The second-order valence-electron chi connectivity index (χ2n) is 7.43. The Hall–Kier alpha value is -2.24. The van der Waals surface area contributed by atoms with Crippen LogP contribution in [-0.4, -0.2) is 25.1 Å². The molecule has 1 saturated heterocycles. The van der Waals surface area contributed by atoms with Crippen molar-refractivity contribution < 1.29 is 13.9 Å². The molecule has 142 valence electrons. The van der Waals surface area contributed by atoms with Gasteiger partial charge in [-0.15, -0.1) is 0 Å². The van der Waals surface area contributed by atoms with Crippen LogP contribution in [0.3, 0.4) is 0 Å². The second-order valence-corrected chi connectivity index (χ2v) is 7.43. The number of hydrogen-bond donors (Lipinski definition) is 2. The number of carbonyl (C=O) groups is 1. The van der Waals surface area contributed by atoms with Gasteiger partial charge in [-0.2, -0.15) is 0 Å². The first-order valence-electron chi connectivity index (χ1n) is 9.66. The van der Waals surface area contributed by atoms with Crippen molar-refractivity contribution in [3.63, 3.8) is 0 Å². The van der Waals surface area contributed by atoms with Crippen LogP contribution in [0.5, 0.6) is 0 Å². The molecule has 0 aromatic heterocycles. The van der Waals surface area contributed by atoms with Crippen molar-refractivity contribution in [3.05, 3.63) is 71.5 Å². The van der Waals surface area contributed by atoms with E-state index in [1.165, 1.54) is 17.7 Å². The van der Waals surface area contributed by atoms with E-state index in [1.807, 2.05) is 18.2 Å². The minimum absolute atomic E-state index is 0.0408. The molecule has 1 saturated carbocycles. The largest absolute Gasteiger partial charge is 0.373 e. The summed E-state index contributed by atoms with van der Waals surface area (Å²) in [5.41, 5.74) is 1.95. The topological polar surface area (TPSA) is 50.4 Å². The van der Waals surface area contributed by atoms with E-state index in [0.717, 1.165) is 31.4 Å². The molecule has 1 amide bonds. The summed E-state index contributed by atoms with van der Waals surface area (Å²) in [4.78, 5) is 12.7. The van der Waals surface area contributed by atoms with Crippen molar-refractivity contribution >= 4 is 5.91 Å². The quantitative estimate of drug-likeness (QED) is 0.786. The lowest BCUT2D eigenvalue weighted by atomic mass is 9.94. The van der Waals surface area contributed by atoms with Gasteiger partial charge in [0.15, 0.2) is 0 Å². The highest BCUT2D eigenvalue weighted by Gasteiger charge is 2.32. The van der Waals surface area contributed by atoms with Crippen LogP contribution in [0.4, 0.5) is 4.39 Å². The Balaban J connectivity index is 1.46. The summed E-state index contributed by atoms with van der Waals surface area (Å²) in [6.07, 6.45) is 3.06. The van der Waals surface area contributed by atoms with Crippen molar-refractivity contribution in [2.24, 2.45) is 5.92 Å². The molecule has 2 aliphatic rings. The highest BCUT2D eigenvalue weighted by Crippen LogP contribution is 2.34. The van der Waals surface area contributed by atoms with E-state index in [-0.39, 0.29) is 23.9 Å². The van der Waals surface area contributed by atoms with Gasteiger partial charge in [-0.25, -0.2) is 4.39 Å². The summed E-state index contributed by atoms with van der Waals surface area (Å²) >= 11 is 0. The summed E-state index contributed by atoms with van der Waals surface area (Å²) in [5, 5.41) is 6.47. The highest BCUT2D eigenvalue weighted by molar-refractivity contribution is 5.83. The Morgan fingerprint density at radius 2 is 1.81 bits per heavy atom. The zero-order chi connectivity index (χ0) is 18.6. The maximum Gasteiger partial charge on any atom is 0.241 e. The van der Waals surface area contributed by atoms with Gasteiger partial charge >= 0.3 is 0 Å². The molecular weight excluding hydrogens is 343 g/mol. The molecular formula is C22H25FN2O2. The average Bonchev–Trinajstić information content (AvgIpc) is 3.38. The molecule has 0 spiro atoms. The monoisotopic (exact) mass is 368 g/mol. The number of nitrogens with one attached hydrogen (secondary N) is 2. The first-order chi connectivity index (χ1) is 13.2. The number of amides is 1. The van der Waals surface area contributed by atoms with Crippen LogP contribution >= 0.6 is 0 Å². The maximum absolute atomic E-state index is 13.3. The molecule has 0 radical (unpaired) electrons. The molecule has 1 unspecified atom stereocenters. The molecule has 27 heavy (non-hydrogen) atoms. The number of carbonyl (C=O) groups excluding carboxylic acids is 1. The second kappa shape index (κ2) is 8.19. The van der Waals surface area contributed by atoms with E-state index in [9.17, 15) is 9.18 Å². The van der Waals surface area contributed by atoms with Crippen molar-refractivity contribution in [1.29, 1.82) is 0 Å². The minimum Gasteiger partial charge on any atom is -0.373 e. The number of benzene rings is 2. The zero-order valence-electron chi connectivity index (χ0n) is 15.2. The molecule has 2 aromatic carbocycles. The predicted molar refractivity (Wildman–Crippen MR) is 102 cm³/mol.